The van der Waals surface area contributed by atoms with Crippen molar-refractivity contribution in [2.24, 2.45) is 5.73 Å². The molecule has 0 aromatic heterocycles. The van der Waals surface area contributed by atoms with Crippen LogP contribution in [0.25, 0.3) is 0 Å². The summed E-state index contributed by atoms with van der Waals surface area (Å²) in [5.74, 6) is 0. The van der Waals surface area contributed by atoms with Gasteiger partial charge in [-0.25, -0.2) is 13.1 Å². The molecule has 5 nitrogen and oxygen atoms in total. The van der Waals surface area contributed by atoms with Crippen LogP contribution in [0.5, 0.6) is 0 Å². The number of sulfonamides is 1. The highest BCUT2D eigenvalue weighted by atomic mass is 32.2. The van der Waals surface area contributed by atoms with E-state index in [1.54, 1.807) is 6.92 Å². The van der Waals surface area contributed by atoms with Crippen molar-refractivity contribution in [1.29, 1.82) is 0 Å². The second kappa shape index (κ2) is 5.95. The molecule has 0 amide bonds. The molecule has 6 heteroatoms. The Morgan fingerprint density at radius 1 is 1.31 bits per heavy atom. The van der Waals surface area contributed by atoms with E-state index in [0.717, 1.165) is 19.6 Å². The second-order valence-electron chi connectivity index (χ2n) is 4.62. The first-order valence-corrected chi connectivity index (χ1v) is 7.44. The van der Waals surface area contributed by atoms with Crippen molar-refractivity contribution in [2.75, 3.05) is 26.2 Å². The molecule has 1 aliphatic rings. The maximum atomic E-state index is 11.7. The van der Waals surface area contributed by atoms with Gasteiger partial charge in [0, 0.05) is 19.1 Å². The number of hydrogen-bond acceptors (Lipinski definition) is 4. The van der Waals surface area contributed by atoms with Crippen LogP contribution in [0.4, 0.5) is 0 Å². The fraction of sp³-hybridized carbons (Fsp3) is 1.00. The summed E-state index contributed by atoms with van der Waals surface area (Å²) in [6, 6.07) is -0.0444. The van der Waals surface area contributed by atoms with Crippen molar-refractivity contribution in [3.8, 4) is 0 Å². The summed E-state index contributed by atoms with van der Waals surface area (Å²) in [6.07, 6.45) is 2.44. The summed E-state index contributed by atoms with van der Waals surface area (Å²) in [6.45, 7) is 6.64. The zero-order chi connectivity index (χ0) is 12.2. The topological polar surface area (TPSA) is 75.4 Å². The molecule has 0 aromatic carbocycles. The van der Waals surface area contributed by atoms with Crippen LogP contribution in [-0.4, -0.2) is 50.8 Å². The van der Waals surface area contributed by atoms with E-state index in [0.29, 0.717) is 0 Å². The molecular weight excluding hydrogens is 226 g/mol. The van der Waals surface area contributed by atoms with E-state index >= 15 is 0 Å². The van der Waals surface area contributed by atoms with Crippen LogP contribution in [-0.2, 0) is 10.0 Å². The zero-order valence-corrected chi connectivity index (χ0v) is 11.0. The molecule has 0 saturated carbocycles. The molecule has 0 radical (unpaired) electrons. The first-order chi connectivity index (χ1) is 7.45. The van der Waals surface area contributed by atoms with Crippen LogP contribution in [0.15, 0.2) is 0 Å². The molecule has 0 spiro atoms. The van der Waals surface area contributed by atoms with Gasteiger partial charge in [0.25, 0.3) is 0 Å². The number of likely N-dealkylation sites (tertiary alicyclic amines) is 1. The molecule has 0 aromatic rings. The lowest BCUT2D eigenvalue weighted by Crippen LogP contribution is -2.45. The predicted octanol–water partition coefficient (Wildman–Crippen LogP) is -0.263. The molecule has 0 bridgehead atoms. The Morgan fingerprint density at radius 2 is 1.88 bits per heavy atom. The lowest BCUT2D eigenvalue weighted by Gasteiger charge is -2.22. The Labute approximate surface area is 98.4 Å². The Balaban J connectivity index is 2.40. The first kappa shape index (κ1) is 13.9. The first-order valence-electron chi connectivity index (χ1n) is 5.89. The van der Waals surface area contributed by atoms with Gasteiger partial charge in [0.1, 0.15) is 0 Å². The highest BCUT2D eigenvalue weighted by Gasteiger charge is 2.23. The molecule has 16 heavy (non-hydrogen) atoms. The standard InChI is InChI=1S/C10H23N3O2S/c1-9(8-13-5-3-4-6-13)12-16(14,15)10(2)7-11/h9-10,12H,3-8,11H2,1-2H3. The van der Waals surface area contributed by atoms with Gasteiger partial charge in [-0.1, -0.05) is 0 Å². The van der Waals surface area contributed by atoms with E-state index in [2.05, 4.69) is 9.62 Å². The van der Waals surface area contributed by atoms with Crippen molar-refractivity contribution < 1.29 is 8.42 Å². The minimum atomic E-state index is -3.25. The minimum absolute atomic E-state index is 0.0444. The van der Waals surface area contributed by atoms with Crippen LogP contribution >= 0.6 is 0 Å². The van der Waals surface area contributed by atoms with E-state index in [1.807, 2.05) is 6.92 Å². The van der Waals surface area contributed by atoms with Crippen LogP contribution in [0.2, 0.25) is 0 Å². The third kappa shape index (κ3) is 4.01. The molecule has 1 heterocycles. The SMILES string of the molecule is CC(CN1CCCC1)NS(=O)(=O)C(C)CN. The van der Waals surface area contributed by atoms with Crippen molar-refractivity contribution in [1.82, 2.24) is 9.62 Å². The molecule has 1 rings (SSSR count). The summed E-state index contributed by atoms with van der Waals surface area (Å²) < 4.78 is 26.2. The van der Waals surface area contributed by atoms with Gasteiger partial charge in [-0.05, 0) is 39.8 Å². The largest absolute Gasteiger partial charge is 0.329 e. The fourth-order valence-electron chi connectivity index (χ4n) is 1.91. The Kier molecular flexibility index (Phi) is 5.17. The monoisotopic (exact) mass is 249 g/mol. The van der Waals surface area contributed by atoms with Crippen molar-refractivity contribution in [2.45, 2.75) is 38.0 Å². The van der Waals surface area contributed by atoms with Crippen molar-refractivity contribution >= 4 is 10.0 Å². The summed E-state index contributed by atoms with van der Waals surface area (Å²) >= 11 is 0. The lowest BCUT2D eigenvalue weighted by molar-refractivity contribution is 0.312. The van der Waals surface area contributed by atoms with Gasteiger partial charge >= 0.3 is 0 Å². The predicted molar refractivity (Wildman–Crippen MR) is 65.7 cm³/mol. The molecule has 3 N–H and O–H groups in total. The second-order valence-corrected chi connectivity index (χ2v) is 6.75. The Morgan fingerprint density at radius 3 is 2.38 bits per heavy atom. The molecule has 1 fully saturated rings. The van der Waals surface area contributed by atoms with Gasteiger partial charge in [-0.15, -0.1) is 0 Å². The molecular formula is C10H23N3O2S. The normalized spacial score (nSPS) is 22.2. The summed E-state index contributed by atoms with van der Waals surface area (Å²) in [5, 5.41) is -0.520. The number of nitrogens with one attached hydrogen (secondary N) is 1. The number of hydrogen-bond donors (Lipinski definition) is 2. The summed E-state index contributed by atoms with van der Waals surface area (Å²) in [5.41, 5.74) is 5.37. The van der Waals surface area contributed by atoms with E-state index < -0.39 is 15.3 Å². The maximum Gasteiger partial charge on any atom is 0.215 e. The van der Waals surface area contributed by atoms with E-state index in [4.69, 9.17) is 5.73 Å². The smallest absolute Gasteiger partial charge is 0.215 e. The third-order valence-corrected chi connectivity index (χ3v) is 4.94. The van der Waals surface area contributed by atoms with Crippen molar-refractivity contribution in [3.63, 3.8) is 0 Å². The Hall–Kier alpha value is -0.170. The van der Waals surface area contributed by atoms with Crippen LogP contribution in [0.3, 0.4) is 0 Å². The van der Waals surface area contributed by atoms with Crippen molar-refractivity contribution in [3.05, 3.63) is 0 Å². The van der Waals surface area contributed by atoms with E-state index in [1.165, 1.54) is 12.8 Å². The lowest BCUT2D eigenvalue weighted by atomic mass is 10.3. The van der Waals surface area contributed by atoms with Crippen LogP contribution in [0, 0.1) is 0 Å². The fourth-order valence-corrected chi connectivity index (χ4v) is 3.03. The average Bonchev–Trinajstić information content (AvgIpc) is 2.67. The molecule has 96 valence electrons. The van der Waals surface area contributed by atoms with Gasteiger partial charge in [0.2, 0.25) is 10.0 Å². The van der Waals surface area contributed by atoms with Crippen LogP contribution < -0.4 is 10.5 Å². The quantitative estimate of drug-likeness (QED) is 0.680. The van der Waals surface area contributed by atoms with Gasteiger partial charge in [0.15, 0.2) is 0 Å². The van der Waals surface area contributed by atoms with Gasteiger partial charge in [-0.2, -0.15) is 0 Å². The molecule has 2 unspecified atom stereocenters. The maximum absolute atomic E-state index is 11.7. The third-order valence-electron chi connectivity index (χ3n) is 2.96. The van der Waals surface area contributed by atoms with Gasteiger partial charge < -0.3 is 10.6 Å². The Bertz CT molecular complexity index is 299. The highest BCUT2D eigenvalue weighted by molar-refractivity contribution is 7.90. The summed E-state index contributed by atoms with van der Waals surface area (Å²) in [7, 11) is -3.25. The number of nitrogens with zero attached hydrogens (tertiary/aromatic N) is 1. The van der Waals surface area contributed by atoms with Gasteiger partial charge in [0.05, 0.1) is 5.25 Å². The number of rotatable bonds is 6. The summed E-state index contributed by atoms with van der Waals surface area (Å²) in [4.78, 5) is 2.29. The minimum Gasteiger partial charge on any atom is -0.329 e. The molecule has 1 aliphatic heterocycles. The highest BCUT2D eigenvalue weighted by Crippen LogP contribution is 2.08. The van der Waals surface area contributed by atoms with E-state index in [9.17, 15) is 8.42 Å². The molecule has 0 aliphatic carbocycles. The van der Waals surface area contributed by atoms with Crippen LogP contribution in [0.1, 0.15) is 26.7 Å². The average molecular weight is 249 g/mol. The van der Waals surface area contributed by atoms with E-state index in [-0.39, 0.29) is 12.6 Å². The number of nitrogens with two attached hydrogens (primary N) is 1. The zero-order valence-electron chi connectivity index (χ0n) is 10.1. The van der Waals surface area contributed by atoms with Gasteiger partial charge in [-0.3, -0.25) is 0 Å². The molecule has 2 atom stereocenters. The molecule has 1 saturated heterocycles.